The highest BCUT2D eigenvalue weighted by molar-refractivity contribution is 5.76. The van der Waals surface area contributed by atoms with Crippen molar-refractivity contribution in [2.75, 3.05) is 37.6 Å². The zero-order valence-corrected chi connectivity index (χ0v) is 11.7. The van der Waals surface area contributed by atoms with E-state index in [1.807, 2.05) is 0 Å². The van der Waals surface area contributed by atoms with E-state index in [4.69, 9.17) is 5.11 Å². The van der Waals surface area contributed by atoms with Crippen molar-refractivity contribution in [3.8, 4) is 0 Å². The lowest BCUT2D eigenvalue weighted by Gasteiger charge is -2.34. The van der Waals surface area contributed by atoms with Crippen molar-refractivity contribution in [1.29, 1.82) is 0 Å². The first kappa shape index (κ1) is 15.0. The molecule has 0 atom stereocenters. The average molecular weight is 293 g/mol. The van der Waals surface area contributed by atoms with Gasteiger partial charge in [-0.3, -0.25) is 4.79 Å². The third-order valence-electron chi connectivity index (χ3n) is 3.31. The standard InChI is InChI=1S/C13H19N5O3/c19-11(3-1-4-16-13(20)21)17-7-9-18(10-8-17)12-14-5-2-6-15-12/h2,5-6,16H,1,3-4,7-10H2,(H,20,21). The second kappa shape index (κ2) is 7.41. The highest BCUT2D eigenvalue weighted by Crippen LogP contribution is 2.10. The van der Waals surface area contributed by atoms with Crippen molar-refractivity contribution in [2.24, 2.45) is 0 Å². The molecule has 8 heteroatoms. The Balaban J connectivity index is 1.71. The molecule has 0 aliphatic carbocycles. The van der Waals surface area contributed by atoms with Crippen molar-refractivity contribution in [2.45, 2.75) is 12.8 Å². The highest BCUT2D eigenvalue weighted by atomic mass is 16.4. The summed E-state index contributed by atoms with van der Waals surface area (Å²) < 4.78 is 0. The van der Waals surface area contributed by atoms with Gasteiger partial charge in [0.05, 0.1) is 0 Å². The molecule has 0 bridgehead atoms. The summed E-state index contributed by atoms with van der Waals surface area (Å²) >= 11 is 0. The minimum absolute atomic E-state index is 0.0656. The summed E-state index contributed by atoms with van der Waals surface area (Å²) in [5.41, 5.74) is 0. The molecule has 2 rings (SSSR count). The predicted molar refractivity (Wildman–Crippen MR) is 76.1 cm³/mol. The molecule has 1 aliphatic rings. The Morgan fingerprint density at radius 2 is 1.86 bits per heavy atom. The Kier molecular flexibility index (Phi) is 5.30. The molecule has 2 heterocycles. The first-order valence-electron chi connectivity index (χ1n) is 6.93. The van der Waals surface area contributed by atoms with E-state index >= 15 is 0 Å². The molecule has 114 valence electrons. The first-order chi connectivity index (χ1) is 10.2. The number of aromatic nitrogens is 2. The zero-order chi connectivity index (χ0) is 15.1. The molecule has 1 aromatic heterocycles. The van der Waals surface area contributed by atoms with Crippen LogP contribution in [0.4, 0.5) is 10.7 Å². The lowest BCUT2D eigenvalue weighted by Crippen LogP contribution is -2.49. The van der Waals surface area contributed by atoms with Crippen LogP contribution in [0.3, 0.4) is 0 Å². The lowest BCUT2D eigenvalue weighted by atomic mass is 10.2. The van der Waals surface area contributed by atoms with Gasteiger partial charge in [0.2, 0.25) is 11.9 Å². The molecule has 0 saturated carbocycles. The lowest BCUT2D eigenvalue weighted by molar-refractivity contribution is -0.131. The monoisotopic (exact) mass is 293 g/mol. The number of carboxylic acid groups (broad SMARTS) is 1. The molecular formula is C13H19N5O3. The number of carbonyl (C=O) groups is 2. The van der Waals surface area contributed by atoms with Gasteiger partial charge in [-0.2, -0.15) is 0 Å². The molecule has 0 aromatic carbocycles. The number of nitrogens with one attached hydrogen (secondary N) is 1. The minimum atomic E-state index is -1.06. The molecule has 0 unspecified atom stereocenters. The van der Waals surface area contributed by atoms with Crippen LogP contribution in [0.15, 0.2) is 18.5 Å². The fraction of sp³-hybridized carbons (Fsp3) is 0.538. The zero-order valence-electron chi connectivity index (χ0n) is 11.7. The van der Waals surface area contributed by atoms with Crippen LogP contribution in [0, 0.1) is 0 Å². The minimum Gasteiger partial charge on any atom is -0.465 e. The molecule has 8 nitrogen and oxygen atoms in total. The number of hydrogen-bond acceptors (Lipinski definition) is 5. The maximum atomic E-state index is 12.0. The smallest absolute Gasteiger partial charge is 0.404 e. The summed E-state index contributed by atoms with van der Waals surface area (Å²) in [5.74, 6) is 0.756. The highest BCUT2D eigenvalue weighted by Gasteiger charge is 2.21. The third kappa shape index (κ3) is 4.59. The number of nitrogens with zero attached hydrogens (tertiary/aromatic N) is 4. The van der Waals surface area contributed by atoms with Gasteiger partial charge in [0.1, 0.15) is 0 Å². The molecule has 1 aromatic rings. The number of anilines is 1. The first-order valence-corrected chi connectivity index (χ1v) is 6.93. The maximum Gasteiger partial charge on any atom is 0.404 e. The van der Waals surface area contributed by atoms with Gasteiger partial charge in [-0.25, -0.2) is 14.8 Å². The van der Waals surface area contributed by atoms with Crippen molar-refractivity contribution in [3.05, 3.63) is 18.5 Å². The summed E-state index contributed by atoms with van der Waals surface area (Å²) in [6.45, 7) is 3.01. The van der Waals surface area contributed by atoms with E-state index in [0.717, 1.165) is 0 Å². The van der Waals surface area contributed by atoms with E-state index in [9.17, 15) is 9.59 Å². The molecule has 2 N–H and O–H groups in total. The van der Waals surface area contributed by atoms with E-state index in [1.165, 1.54) is 0 Å². The van der Waals surface area contributed by atoms with Crippen LogP contribution in [0.5, 0.6) is 0 Å². The van der Waals surface area contributed by atoms with Gasteiger partial charge < -0.3 is 20.2 Å². The van der Waals surface area contributed by atoms with Crippen molar-refractivity contribution >= 4 is 17.9 Å². The van der Waals surface area contributed by atoms with E-state index in [-0.39, 0.29) is 5.91 Å². The molecule has 1 saturated heterocycles. The number of piperazine rings is 1. The van der Waals surface area contributed by atoms with Gasteiger partial charge in [-0.1, -0.05) is 0 Å². The number of hydrogen-bond donors (Lipinski definition) is 2. The molecule has 1 aliphatic heterocycles. The van der Waals surface area contributed by atoms with Crippen LogP contribution < -0.4 is 10.2 Å². The summed E-state index contributed by atoms with van der Waals surface area (Å²) in [6.07, 6.45) is 3.23. The third-order valence-corrected chi connectivity index (χ3v) is 3.31. The van der Waals surface area contributed by atoms with Gasteiger partial charge >= 0.3 is 6.09 Å². The van der Waals surface area contributed by atoms with Crippen molar-refractivity contribution in [3.63, 3.8) is 0 Å². The van der Waals surface area contributed by atoms with E-state index in [1.54, 1.807) is 23.4 Å². The second-order valence-electron chi connectivity index (χ2n) is 4.75. The Morgan fingerprint density at radius 1 is 1.19 bits per heavy atom. The fourth-order valence-electron chi connectivity index (χ4n) is 2.20. The quantitative estimate of drug-likeness (QED) is 0.751. The van der Waals surface area contributed by atoms with Crippen LogP contribution in [0.1, 0.15) is 12.8 Å². The van der Waals surface area contributed by atoms with Gasteiger partial charge in [-0.05, 0) is 12.5 Å². The Morgan fingerprint density at radius 3 is 2.48 bits per heavy atom. The number of carbonyl (C=O) groups excluding carboxylic acids is 1. The Hall–Kier alpha value is -2.38. The van der Waals surface area contributed by atoms with Crippen LogP contribution in [0.2, 0.25) is 0 Å². The van der Waals surface area contributed by atoms with Gasteiger partial charge in [0.25, 0.3) is 0 Å². The normalized spacial score (nSPS) is 14.9. The van der Waals surface area contributed by atoms with Crippen molar-refractivity contribution < 1.29 is 14.7 Å². The van der Waals surface area contributed by atoms with Crippen LogP contribution in [-0.2, 0) is 4.79 Å². The number of amides is 2. The summed E-state index contributed by atoms with van der Waals surface area (Å²) in [5, 5.41) is 10.7. The molecule has 21 heavy (non-hydrogen) atoms. The van der Waals surface area contributed by atoms with E-state index < -0.39 is 6.09 Å². The number of rotatable bonds is 5. The summed E-state index contributed by atoms with van der Waals surface area (Å²) in [6, 6.07) is 1.77. The molecule has 1 fully saturated rings. The van der Waals surface area contributed by atoms with Gasteiger partial charge in [-0.15, -0.1) is 0 Å². The van der Waals surface area contributed by atoms with Crippen LogP contribution >= 0.6 is 0 Å². The summed E-state index contributed by atoms with van der Waals surface area (Å²) in [7, 11) is 0. The van der Waals surface area contributed by atoms with Gasteiger partial charge in [0, 0.05) is 51.5 Å². The van der Waals surface area contributed by atoms with E-state index in [0.29, 0.717) is 51.5 Å². The van der Waals surface area contributed by atoms with Crippen molar-refractivity contribution in [1.82, 2.24) is 20.2 Å². The predicted octanol–water partition coefficient (Wildman–Crippen LogP) is 0.173. The largest absolute Gasteiger partial charge is 0.465 e. The summed E-state index contributed by atoms with van der Waals surface area (Å²) in [4.78, 5) is 34.5. The maximum absolute atomic E-state index is 12.0. The molecular weight excluding hydrogens is 274 g/mol. The average Bonchev–Trinajstić information content (AvgIpc) is 2.52. The van der Waals surface area contributed by atoms with Crippen LogP contribution in [0.25, 0.3) is 0 Å². The second-order valence-corrected chi connectivity index (χ2v) is 4.75. The van der Waals surface area contributed by atoms with Crippen LogP contribution in [-0.4, -0.2) is 64.7 Å². The Bertz CT molecular complexity index is 474. The Labute approximate surface area is 122 Å². The van der Waals surface area contributed by atoms with E-state index in [2.05, 4.69) is 20.2 Å². The molecule has 0 radical (unpaired) electrons. The topological polar surface area (TPSA) is 98.7 Å². The van der Waals surface area contributed by atoms with Gasteiger partial charge in [0.15, 0.2) is 0 Å². The molecule has 2 amide bonds. The molecule has 0 spiro atoms. The fourth-order valence-corrected chi connectivity index (χ4v) is 2.20. The SMILES string of the molecule is O=C(O)NCCCC(=O)N1CCN(c2ncccn2)CC1.